The van der Waals surface area contributed by atoms with E-state index in [4.69, 9.17) is 16.7 Å². The number of halogens is 1. The summed E-state index contributed by atoms with van der Waals surface area (Å²) in [6.45, 7) is 0.0185. The van der Waals surface area contributed by atoms with Gasteiger partial charge in [0.1, 0.15) is 10.1 Å². The first-order valence-electron chi connectivity index (χ1n) is 5.78. The molecule has 2 N–H and O–H groups in total. The monoisotopic (exact) mass is 332 g/mol. The first-order valence-corrected chi connectivity index (χ1v) is 8.69. The molecule has 1 heterocycles. The minimum atomic E-state index is -3.56. The second kappa shape index (κ2) is 6.53. The number of anilines is 1. The highest BCUT2D eigenvalue weighted by molar-refractivity contribution is 7.91. The summed E-state index contributed by atoms with van der Waals surface area (Å²) in [6.07, 6.45) is 0.480. The number of hydrogen-bond acceptors (Lipinski definition) is 5. The Hall–Kier alpha value is -1.15. The quantitative estimate of drug-likeness (QED) is 0.850. The molecule has 0 aliphatic carbocycles. The van der Waals surface area contributed by atoms with E-state index in [1.807, 2.05) is 6.07 Å². The lowest BCUT2D eigenvalue weighted by atomic mass is 10.1. The van der Waals surface area contributed by atoms with Crippen LogP contribution in [-0.2, 0) is 22.2 Å². The second-order valence-electron chi connectivity index (χ2n) is 4.11. The SMILES string of the molecule is O=S(=O)(Cc1ncsc1Cl)Nc1cccc(CCO)c1. The van der Waals surface area contributed by atoms with Gasteiger partial charge in [0.15, 0.2) is 0 Å². The molecule has 0 saturated carbocycles. The van der Waals surface area contributed by atoms with Crippen molar-refractivity contribution in [2.24, 2.45) is 0 Å². The van der Waals surface area contributed by atoms with Crippen molar-refractivity contribution < 1.29 is 13.5 Å². The fraction of sp³-hybridized carbons (Fsp3) is 0.250. The van der Waals surface area contributed by atoms with Crippen molar-refractivity contribution in [3.8, 4) is 0 Å². The van der Waals surface area contributed by atoms with Crippen molar-refractivity contribution in [1.82, 2.24) is 4.98 Å². The number of sulfonamides is 1. The highest BCUT2D eigenvalue weighted by atomic mass is 35.5. The van der Waals surface area contributed by atoms with Gasteiger partial charge in [0.25, 0.3) is 0 Å². The summed E-state index contributed by atoms with van der Waals surface area (Å²) < 4.78 is 26.9. The van der Waals surface area contributed by atoms with Gasteiger partial charge in [0.05, 0.1) is 11.2 Å². The second-order valence-corrected chi connectivity index (χ2v) is 7.29. The molecule has 20 heavy (non-hydrogen) atoms. The van der Waals surface area contributed by atoms with E-state index in [1.54, 1.807) is 18.2 Å². The fourth-order valence-electron chi connectivity index (χ4n) is 1.66. The minimum absolute atomic E-state index is 0.0185. The van der Waals surface area contributed by atoms with Crippen molar-refractivity contribution >= 4 is 38.6 Å². The van der Waals surface area contributed by atoms with Gasteiger partial charge < -0.3 is 5.11 Å². The predicted octanol–water partition coefficient (Wildman–Crippen LogP) is 2.27. The Bertz CT molecular complexity index is 686. The van der Waals surface area contributed by atoms with Crippen LogP contribution in [0.4, 0.5) is 5.69 Å². The molecule has 0 spiro atoms. The average molecular weight is 333 g/mol. The van der Waals surface area contributed by atoms with E-state index in [0.717, 1.165) is 5.56 Å². The van der Waals surface area contributed by atoms with Crippen molar-refractivity contribution in [1.29, 1.82) is 0 Å². The molecule has 0 saturated heterocycles. The van der Waals surface area contributed by atoms with Crippen molar-refractivity contribution in [3.63, 3.8) is 0 Å². The molecule has 1 aromatic heterocycles. The number of nitrogens with zero attached hydrogens (tertiary/aromatic N) is 1. The Kier molecular flexibility index (Phi) is 4.98. The number of hydrogen-bond donors (Lipinski definition) is 2. The van der Waals surface area contributed by atoms with Crippen LogP contribution in [-0.4, -0.2) is 25.1 Å². The molecular formula is C12H13ClN2O3S2. The van der Waals surface area contributed by atoms with Crippen molar-refractivity contribution in [3.05, 3.63) is 45.4 Å². The summed E-state index contributed by atoms with van der Waals surface area (Å²) in [5, 5.41) is 8.88. The van der Waals surface area contributed by atoms with Crippen molar-refractivity contribution in [2.75, 3.05) is 11.3 Å². The summed E-state index contributed by atoms with van der Waals surface area (Å²) in [6, 6.07) is 6.90. The predicted molar refractivity (Wildman–Crippen MR) is 80.6 cm³/mol. The molecule has 0 radical (unpaired) electrons. The van der Waals surface area contributed by atoms with E-state index in [-0.39, 0.29) is 12.4 Å². The molecule has 0 aliphatic heterocycles. The minimum Gasteiger partial charge on any atom is -0.396 e. The highest BCUT2D eigenvalue weighted by Gasteiger charge is 2.16. The molecule has 108 valence electrons. The summed E-state index contributed by atoms with van der Waals surface area (Å²) in [5.41, 5.74) is 3.17. The van der Waals surface area contributed by atoms with Gasteiger partial charge in [-0.3, -0.25) is 4.72 Å². The molecule has 0 amide bonds. The third kappa shape index (κ3) is 4.17. The van der Waals surface area contributed by atoms with Crippen LogP contribution in [0.2, 0.25) is 4.34 Å². The molecular weight excluding hydrogens is 320 g/mol. The first-order chi connectivity index (χ1) is 9.50. The van der Waals surface area contributed by atoms with Crippen LogP contribution in [0.5, 0.6) is 0 Å². The van der Waals surface area contributed by atoms with Gasteiger partial charge in [-0.25, -0.2) is 13.4 Å². The largest absolute Gasteiger partial charge is 0.396 e. The van der Waals surface area contributed by atoms with Crippen LogP contribution in [0.3, 0.4) is 0 Å². The maximum absolute atomic E-state index is 12.0. The smallest absolute Gasteiger partial charge is 0.238 e. The number of aromatic nitrogens is 1. The van der Waals surface area contributed by atoms with Gasteiger partial charge in [-0.1, -0.05) is 23.7 Å². The molecule has 1 aromatic carbocycles. The van der Waals surface area contributed by atoms with Gasteiger partial charge in [0, 0.05) is 12.3 Å². The zero-order valence-electron chi connectivity index (χ0n) is 10.4. The number of nitrogens with one attached hydrogen (secondary N) is 1. The van der Waals surface area contributed by atoms with Gasteiger partial charge in [-0.05, 0) is 24.1 Å². The molecule has 0 aliphatic rings. The lowest BCUT2D eigenvalue weighted by molar-refractivity contribution is 0.299. The average Bonchev–Trinajstić information content (AvgIpc) is 2.74. The summed E-state index contributed by atoms with van der Waals surface area (Å²) in [5.74, 6) is -0.264. The lowest BCUT2D eigenvalue weighted by Crippen LogP contribution is -2.15. The lowest BCUT2D eigenvalue weighted by Gasteiger charge is -2.08. The number of aliphatic hydroxyl groups is 1. The van der Waals surface area contributed by atoms with E-state index in [2.05, 4.69) is 9.71 Å². The Morgan fingerprint density at radius 2 is 2.20 bits per heavy atom. The molecule has 5 nitrogen and oxygen atoms in total. The Morgan fingerprint density at radius 1 is 1.40 bits per heavy atom. The fourth-order valence-corrected chi connectivity index (χ4v) is 3.74. The van der Waals surface area contributed by atoms with Gasteiger partial charge in [-0.2, -0.15) is 0 Å². The molecule has 0 atom stereocenters. The molecule has 2 aromatic rings. The zero-order chi connectivity index (χ0) is 14.6. The van der Waals surface area contributed by atoms with Crippen LogP contribution >= 0.6 is 22.9 Å². The van der Waals surface area contributed by atoms with E-state index in [1.165, 1.54) is 16.8 Å². The number of thiazole rings is 1. The molecule has 0 fully saturated rings. The van der Waals surface area contributed by atoms with Gasteiger partial charge in [-0.15, -0.1) is 11.3 Å². The van der Waals surface area contributed by atoms with Crippen LogP contribution in [0.15, 0.2) is 29.8 Å². The molecule has 2 rings (SSSR count). The maximum atomic E-state index is 12.0. The third-order valence-electron chi connectivity index (χ3n) is 2.52. The Morgan fingerprint density at radius 3 is 2.85 bits per heavy atom. The molecule has 0 unspecified atom stereocenters. The van der Waals surface area contributed by atoms with Crippen LogP contribution in [0, 0.1) is 0 Å². The standard InChI is InChI=1S/C12H13ClN2O3S2/c13-12-11(14-8-19-12)7-20(17,18)15-10-3-1-2-9(6-10)4-5-16/h1-3,6,8,15-16H,4-5,7H2. The number of rotatable bonds is 6. The van der Waals surface area contributed by atoms with Gasteiger partial charge in [0.2, 0.25) is 10.0 Å². The van der Waals surface area contributed by atoms with E-state index in [9.17, 15) is 8.42 Å². The van der Waals surface area contributed by atoms with E-state index in [0.29, 0.717) is 22.1 Å². The van der Waals surface area contributed by atoms with E-state index < -0.39 is 10.0 Å². The number of aliphatic hydroxyl groups excluding tert-OH is 1. The summed E-state index contributed by atoms with van der Waals surface area (Å²) >= 11 is 7.05. The zero-order valence-corrected chi connectivity index (χ0v) is 12.8. The summed E-state index contributed by atoms with van der Waals surface area (Å²) in [4.78, 5) is 3.92. The normalized spacial score (nSPS) is 11.5. The van der Waals surface area contributed by atoms with Gasteiger partial charge >= 0.3 is 0 Å². The van der Waals surface area contributed by atoms with Crippen molar-refractivity contribution in [2.45, 2.75) is 12.2 Å². The van der Waals surface area contributed by atoms with Crippen LogP contribution < -0.4 is 4.72 Å². The topological polar surface area (TPSA) is 79.3 Å². The first kappa shape index (κ1) is 15.2. The van der Waals surface area contributed by atoms with Crippen LogP contribution in [0.1, 0.15) is 11.3 Å². The highest BCUT2D eigenvalue weighted by Crippen LogP contribution is 2.22. The molecule has 8 heteroatoms. The maximum Gasteiger partial charge on any atom is 0.238 e. The Balaban J connectivity index is 2.12. The van der Waals surface area contributed by atoms with Crippen LogP contribution in [0.25, 0.3) is 0 Å². The summed E-state index contributed by atoms with van der Waals surface area (Å²) in [7, 11) is -3.56. The number of benzene rings is 1. The molecule has 0 bridgehead atoms. The third-order valence-corrected chi connectivity index (χ3v) is 4.86. The van der Waals surface area contributed by atoms with E-state index >= 15 is 0 Å². The Labute approximate surface area is 126 Å².